The van der Waals surface area contributed by atoms with Crippen LogP contribution in [0, 0.1) is 5.41 Å². The number of nitrogens with two attached hydrogens (primary N) is 1. The molecule has 0 spiro atoms. The SMILES string of the molecule is CC(C)(CO)CNCc1ccc2c(c1)Cc1c(-c3ccc(C(N)=O)cc3)n[nH]c1-2. The van der Waals surface area contributed by atoms with Crippen LogP contribution in [-0.4, -0.2) is 34.4 Å². The maximum atomic E-state index is 11.3. The van der Waals surface area contributed by atoms with Crippen LogP contribution >= 0.6 is 0 Å². The Kier molecular flexibility index (Phi) is 4.98. The Morgan fingerprint density at radius 2 is 2.00 bits per heavy atom. The number of benzene rings is 2. The second kappa shape index (κ2) is 7.46. The van der Waals surface area contributed by atoms with Gasteiger partial charge in [0, 0.05) is 53.8 Å². The molecule has 4 rings (SSSR count). The summed E-state index contributed by atoms with van der Waals surface area (Å²) in [5.41, 5.74) is 13.5. The molecule has 1 heterocycles. The number of H-pyrrole nitrogens is 1. The minimum atomic E-state index is -0.431. The average molecular weight is 390 g/mol. The van der Waals surface area contributed by atoms with Gasteiger partial charge in [-0.25, -0.2) is 0 Å². The summed E-state index contributed by atoms with van der Waals surface area (Å²) in [7, 11) is 0. The number of aliphatic hydroxyl groups is 1. The number of hydrogen-bond donors (Lipinski definition) is 4. The number of aromatic amines is 1. The van der Waals surface area contributed by atoms with Crippen LogP contribution in [0.1, 0.15) is 40.9 Å². The minimum absolute atomic E-state index is 0.126. The lowest BCUT2D eigenvalue weighted by atomic mass is 9.95. The molecule has 1 amide bonds. The minimum Gasteiger partial charge on any atom is -0.396 e. The van der Waals surface area contributed by atoms with Gasteiger partial charge in [-0.3, -0.25) is 9.89 Å². The zero-order valence-corrected chi connectivity index (χ0v) is 16.7. The molecular formula is C23H26N4O2. The number of carbonyl (C=O) groups excluding carboxylic acids is 1. The van der Waals surface area contributed by atoms with Gasteiger partial charge in [-0.1, -0.05) is 44.2 Å². The highest BCUT2D eigenvalue weighted by atomic mass is 16.3. The Labute approximate surface area is 170 Å². The van der Waals surface area contributed by atoms with E-state index in [1.165, 1.54) is 22.3 Å². The third-order valence-electron chi connectivity index (χ3n) is 5.48. The number of nitrogens with zero attached hydrogens (tertiary/aromatic N) is 1. The summed E-state index contributed by atoms with van der Waals surface area (Å²) in [5, 5.41) is 20.5. The standard InChI is InChI=1S/C23H26N4O2/c1-23(2,13-28)12-25-11-14-3-8-18-17(9-14)10-19-20(26-27-21(18)19)15-4-6-16(7-5-15)22(24)29/h3-9,25,28H,10-13H2,1-2H3,(H2,24,29)(H,26,27). The number of primary amides is 1. The second-order valence-corrected chi connectivity index (χ2v) is 8.46. The van der Waals surface area contributed by atoms with Gasteiger partial charge in [-0.15, -0.1) is 0 Å². The third-order valence-corrected chi connectivity index (χ3v) is 5.48. The van der Waals surface area contributed by atoms with Crippen molar-refractivity contribution in [1.82, 2.24) is 15.5 Å². The smallest absolute Gasteiger partial charge is 0.248 e. The molecule has 0 saturated heterocycles. The zero-order chi connectivity index (χ0) is 20.6. The Bertz CT molecular complexity index is 1050. The van der Waals surface area contributed by atoms with Gasteiger partial charge < -0.3 is 16.2 Å². The first-order valence-electron chi connectivity index (χ1n) is 9.79. The van der Waals surface area contributed by atoms with E-state index >= 15 is 0 Å². The van der Waals surface area contributed by atoms with E-state index in [1.54, 1.807) is 12.1 Å². The third kappa shape index (κ3) is 3.81. The molecule has 0 fully saturated rings. The molecule has 0 bridgehead atoms. The van der Waals surface area contributed by atoms with E-state index < -0.39 is 5.91 Å². The second-order valence-electron chi connectivity index (χ2n) is 8.46. The van der Waals surface area contributed by atoms with E-state index in [0.29, 0.717) is 5.56 Å². The predicted octanol–water partition coefficient (Wildman–Crippen LogP) is 2.85. The van der Waals surface area contributed by atoms with Gasteiger partial charge in [0.2, 0.25) is 5.91 Å². The summed E-state index contributed by atoms with van der Waals surface area (Å²) in [5.74, 6) is -0.431. The molecular weight excluding hydrogens is 364 g/mol. The lowest BCUT2D eigenvalue weighted by Gasteiger charge is -2.22. The first-order valence-corrected chi connectivity index (χ1v) is 9.79. The summed E-state index contributed by atoms with van der Waals surface area (Å²) in [6.07, 6.45) is 0.823. The number of amides is 1. The average Bonchev–Trinajstić information content (AvgIpc) is 3.26. The fraction of sp³-hybridized carbons (Fsp3) is 0.304. The monoisotopic (exact) mass is 390 g/mol. The number of rotatable bonds is 7. The van der Waals surface area contributed by atoms with Crippen LogP contribution in [0.4, 0.5) is 0 Å². The topological polar surface area (TPSA) is 104 Å². The van der Waals surface area contributed by atoms with Crippen LogP contribution in [0.3, 0.4) is 0 Å². The van der Waals surface area contributed by atoms with E-state index in [1.807, 2.05) is 26.0 Å². The summed E-state index contributed by atoms with van der Waals surface area (Å²) in [6, 6.07) is 13.8. The van der Waals surface area contributed by atoms with Gasteiger partial charge in [0.1, 0.15) is 0 Å². The number of fused-ring (bicyclic) bond motifs is 3. The summed E-state index contributed by atoms with van der Waals surface area (Å²) in [6.45, 7) is 5.77. The van der Waals surface area contributed by atoms with Crippen LogP contribution < -0.4 is 11.1 Å². The Morgan fingerprint density at radius 1 is 1.24 bits per heavy atom. The number of aliphatic hydroxyl groups excluding tert-OH is 1. The van der Waals surface area contributed by atoms with Crippen molar-refractivity contribution >= 4 is 5.91 Å². The van der Waals surface area contributed by atoms with Gasteiger partial charge in [-0.2, -0.15) is 5.10 Å². The van der Waals surface area contributed by atoms with Crippen molar-refractivity contribution in [1.29, 1.82) is 0 Å². The molecule has 1 aliphatic carbocycles. The maximum Gasteiger partial charge on any atom is 0.248 e. The van der Waals surface area contributed by atoms with E-state index in [0.717, 1.165) is 36.5 Å². The molecule has 6 heteroatoms. The van der Waals surface area contributed by atoms with Gasteiger partial charge >= 0.3 is 0 Å². The molecule has 0 atom stereocenters. The van der Waals surface area contributed by atoms with Crippen molar-refractivity contribution in [3.05, 3.63) is 64.7 Å². The largest absolute Gasteiger partial charge is 0.396 e. The van der Waals surface area contributed by atoms with Crippen LogP contribution in [-0.2, 0) is 13.0 Å². The first kappa shape index (κ1) is 19.4. The Balaban J connectivity index is 1.52. The molecule has 0 radical (unpaired) electrons. The van der Waals surface area contributed by atoms with Crippen molar-refractivity contribution in [3.8, 4) is 22.5 Å². The summed E-state index contributed by atoms with van der Waals surface area (Å²) in [4.78, 5) is 11.3. The fourth-order valence-corrected chi connectivity index (χ4v) is 3.73. The van der Waals surface area contributed by atoms with Crippen molar-refractivity contribution in [2.45, 2.75) is 26.8 Å². The van der Waals surface area contributed by atoms with Gasteiger partial charge in [-0.05, 0) is 23.3 Å². The molecule has 5 N–H and O–H groups in total. The fourth-order valence-electron chi connectivity index (χ4n) is 3.73. The quantitative estimate of drug-likeness (QED) is 0.389. The maximum absolute atomic E-state index is 11.3. The molecule has 29 heavy (non-hydrogen) atoms. The molecule has 2 aromatic carbocycles. The van der Waals surface area contributed by atoms with E-state index in [-0.39, 0.29) is 12.0 Å². The van der Waals surface area contributed by atoms with Crippen molar-refractivity contribution in [2.24, 2.45) is 11.1 Å². The summed E-state index contributed by atoms with van der Waals surface area (Å²) >= 11 is 0. The van der Waals surface area contributed by atoms with E-state index in [4.69, 9.17) is 5.73 Å². The molecule has 3 aromatic rings. The highest BCUT2D eigenvalue weighted by molar-refractivity contribution is 5.93. The first-order chi connectivity index (χ1) is 13.9. The highest BCUT2D eigenvalue weighted by Gasteiger charge is 2.25. The lowest BCUT2D eigenvalue weighted by molar-refractivity contribution is 0.100. The highest BCUT2D eigenvalue weighted by Crippen LogP contribution is 2.40. The molecule has 0 saturated carbocycles. The number of carbonyl (C=O) groups is 1. The normalized spacial score (nSPS) is 12.7. The van der Waals surface area contributed by atoms with E-state index in [2.05, 4.69) is 33.7 Å². The van der Waals surface area contributed by atoms with Crippen LogP contribution in [0.2, 0.25) is 0 Å². The molecule has 6 nitrogen and oxygen atoms in total. The van der Waals surface area contributed by atoms with Crippen LogP contribution in [0.15, 0.2) is 42.5 Å². The van der Waals surface area contributed by atoms with Crippen molar-refractivity contribution in [3.63, 3.8) is 0 Å². The Hall–Kier alpha value is -2.96. The zero-order valence-electron chi connectivity index (χ0n) is 16.7. The molecule has 150 valence electrons. The predicted molar refractivity (Wildman–Crippen MR) is 113 cm³/mol. The van der Waals surface area contributed by atoms with Gasteiger partial charge in [0.15, 0.2) is 0 Å². The molecule has 0 unspecified atom stereocenters. The van der Waals surface area contributed by atoms with Gasteiger partial charge in [0.05, 0.1) is 11.4 Å². The van der Waals surface area contributed by atoms with Gasteiger partial charge in [0.25, 0.3) is 0 Å². The molecule has 1 aromatic heterocycles. The van der Waals surface area contributed by atoms with Crippen LogP contribution in [0.25, 0.3) is 22.5 Å². The number of nitrogens with one attached hydrogen (secondary N) is 2. The molecule has 0 aliphatic heterocycles. The van der Waals surface area contributed by atoms with E-state index in [9.17, 15) is 9.90 Å². The van der Waals surface area contributed by atoms with Crippen molar-refractivity contribution in [2.75, 3.05) is 13.2 Å². The summed E-state index contributed by atoms with van der Waals surface area (Å²) < 4.78 is 0. The van der Waals surface area contributed by atoms with Crippen molar-refractivity contribution < 1.29 is 9.90 Å². The number of aromatic nitrogens is 2. The van der Waals surface area contributed by atoms with Crippen LogP contribution in [0.5, 0.6) is 0 Å². The molecule has 1 aliphatic rings. The lowest BCUT2D eigenvalue weighted by Crippen LogP contribution is -2.31. The Morgan fingerprint density at radius 3 is 2.69 bits per heavy atom. The number of hydrogen-bond acceptors (Lipinski definition) is 4.